The van der Waals surface area contributed by atoms with E-state index in [1.807, 2.05) is 55.0 Å². The van der Waals surface area contributed by atoms with Crippen molar-refractivity contribution in [1.29, 1.82) is 0 Å². The van der Waals surface area contributed by atoms with Gasteiger partial charge in [0, 0.05) is 22.4 Å². The van der Waals surface area contributed by atoms with E-state index < -0.39 is 17.2 Å². The van der Waals surface area contributed by atoms with Gasteiger partial charge in [-0.05, 0) is 68.2 Å². The normalized spacial score (nSPS) is 11.3. The highest BCUT2D eigenvalue weighted by Crippen LogP contribution is 2.27. The lowest BCUT2D eigenvalue weighted by Gasteiger charge is -2.25. The number of hydrogen-bond donors (Lipinski definition) is 0. The van der Waals surface area contributed by atoms with Crippen molar-refractivity contribution in [2.75, 3.05) is 5.75 Å². The van der Waals surface area contributed by atoms with Gasteiger partial charge in [0.15, 0.2) is 5.75 Å². The van der Waals surface area contributed by atoms with Crippen LogP contribution in [0.5, 0.6) is 5.75 Å². The number of carbonyl (C=O) groups excluding carboxylic acids is 1. The van der Waals surface area contributed by atoms with Gasteiger partial charge in [0.1, 0.15) is 11.2 Å². The fourth-order valence-corrected chi connectivity index (χ4v) is 4.63. The highest BCUT2D eigenvalue weighted by atomic mass is 32.2. The van der Waals surface area contributed by atoms with Crippen LogP contribution in [0.25, 0.3) is 22.1 Å². The first kappa shape index (κ1) is 26.6. The molecule has 35 heavy (non-hydrogen) atoms. The average molecular weight is 494 g/mol. The lowest BCUT2D eigenvalue weighted by atomic mass is 9.63. The van der Waals surface area contributed by atoms with Gasteiger partial charge in [0.05, 0.1) is 5.56 Å². The molecule has 1 aromatic heterocycles. The van der Waals surface area contributed by atoms with Gasteiger partial charge < -0.3 is 14.0 Å². The van der Waals surface area contributed by atoms with E-state index in [1.54, 1.807) is 26.0 Å². The van der Waals surface area contributed by atoms with Gasteiger partial charge in [-0.15, -0.1) is 11.8 Å². The number of hydrogen-bond acceptors (Lipinski definition) is 7. The fraction of sp³-hybridized carbons (Fsp3) is 0.333. The number of esters is 1. The number of unbranched alkanes of at least 4 members (excludes halogenated alkanes) is 1. The maximum absolute atomic E-state index is 12.7. The molecule has 3 aromatic rings. The van der Waals surface area contributed by atoms with E-state index in [9.17, 15) is 9.59 Å². The van der Waals surface area contributed by atoms with Crippen molar-refractivity contribution in [3.8, 4) is 16.9 Å². The second kappa shape index (κ2) is 12.1. The van der Waals surface area contributed by atoms with Crippen LogP contribution in [0.3, 0.4) is 0 Å². The molecule has 0 amide bonds. The smallest absolute Gasteiger partial charge is 0.357 e. The molecule has 0 saturated carbocycles. The lowest BCUT2D eigenvalue weighted by Crippen LogP contribution is -2.33. The standard InChI is InChI=1S/C27H31BO6S/c1-6-8-15-35-22-13-10-19(11-14-22)23-16-20-9-12-21(17-24(20)31-26(23)30)33-34-28(5)18-27(3,4)32-25(29)7-2/h7,9-14,16-17H,2,6,8,15,18H2,1,3-5H3. The van der Waals surface area contributed by atoms with Crippen LogP contribution in [0.1, 0.15) is 33.6 Å². The van der Waals surface area contributed by atoms with Crippen LogP contribution >= 0.6 is 11.8 Å². The van der Waals surface area contributed by atoms with Crippen LogP contribution in [-0.2, 0) is 14.3 Å². The highest BCUT2D eigenvalue weighted by molar-refractivity contribution is 7.99. The molecule has 0 aliphatic carbocycles. The second-order valence-corrected chi connectivity index (χ2v) is 10.1. The Hall–Kier alpha value is -2.97. The first-order valence-electron chi connectivity index (χ1n) is 11.7. The molecule has 0 spiro atoms. The molecule has 0 atom stereocenters. The molecule has 0 saturated heterocycles. The fourth-order valence-electron chi connectivity index (χ4n) is 3.63. The van der Waals surface area contributed by atoms with Gasteiger partial charge in [-0.3, -0.25) is 4.81 Å². The van der Waals surface area contributed by atoms with Gasteiger partial charge in [-0.2, -0.15) is 0 Å². The Balaban J connectivity index is 1.67. The van der Waals surface area contributed by atoms with E-state index >= 15 is 0 Å². The minimum Gasteiger partial charge on any atom is -0.457 e. The third kappa shape index (κ3) is 7.77. The van der Waals surface area contributed by atoms with Crippen molar-refractivity contribution in [1.82, 2.24) is 0 Å². The summed E-state index contributed by atoms with van der Waals surface area (Å²) in [6, 6.07) is 15.0. The molecule has 0 radical (unpaired) electrons. The maximum atomic E-state index is 12.7. The molecule has 0 aliphatic heterocycles. The number of thioether (sulfide) groups is 1. The van der Waals surface area contributed by atoms with Crippen LogP contribution < -0.4 is 10.5 Å². The van der Waals surface area contributed by atoms with Crippen molar-refractivity contribution >= 4 is 35.6 Å². The summed E-state index contributed by atoms with van der Waals surface area (Å²) in [4.78, 5) is 36.2. The molecule has 3 rings (SSSR count). The largest absolute Gasteiger partial charge is 0.457 e. The zero-order chi connectivity index (χ0) is 25.4. The summed E-state index contributed by atoms with van der Waals surface area (Å²) in [6.45, 7) is 10.6. The van der Waals surface area contributed by atoms with Gasteiger partial charge in [-0.25, -0.2) is 9.59 Å². The minimum absolute atomic E-state index is 0.365. The summed E-state index contributed by atoms with van der Waals surface area (Å²) >= 11 is 1.82. The molecule has 0 N–H and O–H groups in total. The lowest BCUT2D eigenvalue weighted by molar-refractivity contribution is -0.149. The molecule has 8 heteroatoms. The average Bonchev–Trinajstić information content (AvgIpc) is 2.82. The zero-order valence-electron chi connectivity index (χ0n) is 20.7. The van der Waals surface area contributed by atoms with Crippen LogP contribution in [-0.4, -0.2) is 24.2 Å². The molecule has 0 fully saturated rings. The molecule has 1 heterocycles. The zero-order valence-corrected chi connectivity index (χ0v) is 21.5. The van der Waals surface area contributed by atoms with E-state index in [0.29, 0.717) is 23.2 Å². The van der Waals surface area contributed by atoms with E-state index in [-0.39, 0.29) is 6.92 Å². The number of carbonyl (C=O) groups is 1. The molecule has 0 aliphatic rings. The van der Waals surface area contributed by atoms with Crippen LogP contribution in [0, 0.1) is 0 Å². The van der Waals surface area contributed by atoms with Crippen molar-refractivity contribution in [3.05, 3.63) is 71.6 Å². The first-order chi connectivity index (χ1) is 16.7. The molecule has 6 nitrogen and oxygen atoms in total. The maximum Gasteiger partial charge on any atom is 0.357 e. The van der Waals surface area contributed by atoms with Crippen LogP contribution in [0.2, 0.25) is 13.1 Å². The van der Waals surface area contributed by atoms with Crippen LogP contribution in [0.4, 0.5) is 0 Å². The Labute approximate surface area is 210 Å². The van der Waals surface area contributed by atoms with Crippen molar-refractivity contribution in [2.45, 2.75) is 57.3 Å². The third-order valence-corrected chi connectivity index (χ3v) is 6.37. The summed E-state index contributed by atoms with van der Waals surface area (Å²) in [6.07, 6.45) is 3.89. The van der Waals surface area contributed by atoms with E-state index in [1.165, 1.54) is 17.7 Å². The van der Waals surface area contributed by atoms with E-state index in [4.69, 9.17) is 18.8 Å². The molecule has 2 aromatic carbocycles. The van der Waals surface area contributed by atoms with Gasteiger partial charge in [-0.1, -0.05) is 38.9 Å². The quantitative estimate of drug-likeness (QED) is 0.0401. The number of benzene rings is 2. The summed E-state index contributed by atoms with van der Waals surface area (Å²) in [5.41, 5.74) is 0.573. The predicted molar refractivity (Wildman–Crippen MR) is 142 cm³/mol. The van der Waals surface area contributed by atoms with Crippen molar-refractivity contribution < 1.29 is 23.6 Å². The molecular weight excluding hydrogens is 463 g/mol. The summed E-state index contributed by atoms with van der Waals surface area (Å²) in [7, 11) is 0. The monoisotopic (exact) mass is 494 g/mol. The van der Waals surface area contributed by atoms with Gasteiger partial charge in [0.2, 0.25) is 0 Å². The van der Waals surface area contributed by atoms with Gasteiger partial charge >= 0.3 is 18.5 Å². The SMILES string of the molecule is C=CC(=O)OC(C)(C)CB(C)OOc1ccc2cc(-c3ccc(SCCCC)cc3)c(=O)oc2c1. The molecule has 0 unspecified atom stereocenters. The molecular formula is C27H31BO6S. The Morgan fingerprint density at radius 1 is 1.17 bits per heavy atom. The highest BCUT2D eigenvalue weighted by Gasteiger charge is 2.28. The Bertz CT molecular complexity index is 1220. The summed E-state index contributed by atoms with van der Waals surface area (Å²) in [5.74, 6) is 0.991. The van der Waals surface area contributed by atoms with E-state index in [0.717, 1.165) is 22.8 Å². The number of ether oxygens (including phenoxy) is 1. The number of rotatable bonds is 12. The minimum atomic E-state index is -0.743. The number of fused-ring (bicyclic) bond motifs is 1. The third-order valence-electron chi connectivity index (χ3n) is 5.27. The summed E-state index contributed by atoms with van der Waals surface area (Å²) in [5, 5.41) is 0.777. The Morgan fingerprint density at radius 3 is 2.60 bits per heavy atom. The Morgan fingerprint density at radius 2 is 1.91 bits per heavy atom. The predicted octanol–water partition coefficient (Wildman–Crippen LogP) is 6.79. The van der Waals surface area contributed by atoms with Crippen LogP contribution in [0.15, 0.2) is 75.3 Å². The first-order valence-corrected chi connectivity index (χ1v) is 12.7. The molecule has 0 bridgehead atoms. The second-order valence-electron chi connectivity index (χ2n) is 8.95. The van der Waals surface area contributed by atoms with E-state index in [2.05, 4.69) is 13.5 Å². The Kier molecular flexibility index (Phi) is 9.23. The topological polar surface area (TPSA) is 75.0 Å². The molecule has 184 valence electrons. The van der Waals surface area contributed by atoms with Gasteiger partial charge in [0.25, 0.3) is 0 Å². The summed E-state index contributed by atoms with van der Waals surface area (Å²) < 4.78 is 10.9. The van der Waals surface area contributed by atoms with Crippen molar-refractivity contribution in [2.24, 2.45) is 0 Å². The van der Waals surface area contributed by atoms with Crippen molar-refractivity contribution in [3.63, 3.8) is 0 Å².